The van der Waals surface area contributed by atoms with E-state index in [1.807, 2.05) is 54.6 Å². The van der Waals surface area contributed by atoms with Gasteiger partial charge in [-0.15, -0.1) is 0 Å². The van der Waals surface area contributed by atoms with Crippen LogP contribution in [0.1, 0.15) is 40.9 Å². The first kappa shape index (κ1) is 20.3. The second-order valence-electron chi connectivity index (χ2n) is 7.23. The van der Waals surface area contributed by atoms with Crippen molar-refractivity contribution in [1.82, 2.24) is 10.6 Å². The van der Waals surface area contributed by atoms with E-state index in [2.05, 4.69) is 22.5 Å². The average Bonchev–Trinajstić information content (AvgIpc) is 2.80. The van der Waals surface area contributed by atoms with E-state index < -0.39 is 0 Å². The van der Waals surface area contributed by atoms with Crippen molar-refractivity contribution in [2.24, 2.45) is 4.99 Å². The molecule has 0 aromatic heterocycles. The molecule has 3 aromatic rings. The first-order chi connectivity index (χ1) is 15.1. The van der Waals surface area contributed by atoms with Gasteiger partial charge in [-0.2, -0.15) is 0 Å². The Morgan fingerprint density at radius 3 is 2.35 bits per heavy atom. The monoisotopic (exact) mass is 413 g/mol. The van der Waals surface area contributed by atoms with Crippen LogP contribution in [0, 0.1) is 0 Å². The van der Waals surface area contributed by atoms with Crippen LogP contribution in [0.5, 0.6) is 11.5 Å². The molecule has 0 bridgehead atoms. The highest BCUT2D eigenvalue weighted by Gasteiger charge is 2.23. The molecule has 0 fully saturated rings. The maximum Gasteiger partial charge on any atom is 0.257 e. The van der Waals surface area contributed by atoms with Crippen molar-refractivity contribution in [2.45, 2.75) is 25.8 Å². The topological polar surface area (TPSA) is 79.8 Å². The zero-order valence-corrected chi connectivity index (χ0v) is 17.2. The molecule has 0 spiro atoms. The van der Waals surface area contributed by atoms with Crippen LogP contribution in [0.25, 0.3) is 0 Å². The smallest absolute Gasteiger partial charge is 0.257 e. The summed E-state index contributed by atoms with van der Waals surface area (Å²) in [4.78, 5) is 29.3. The summed E-state index contributed by atoms with van der Waals surface area (Å²) in [7, 11) is 0. The molecule has 6 nitrogen and oxygen atoms in total. The Hall–Kier alpha value is -3.93. The molecular formula is C25H23N3O3. The van der Waals surface area contributed by atoms with Crippen molar-refractivity contribution in [3.05, 3.63) is 95.6 Å². The molecule has 0 unspecified atom stereocenters. The number of ether oxygens (including phenoxy) is 1. The number of amides is 2. The largest absolute Gasteiger partial charge is 0.457 e. The first-order valence-corrected chi connectivity index (χ1v) is 10.2. The molecule has 3 aromatic carbocycles. The van der Waals surface area contributed by atoms with E-state index in [0.29, 0.717) is 11.3 Å². The summed E-state index contributed by atoms with van der Waals surface area (Å²) in [6, 6.07) is 23.9. The SMILES string of the molecule is CCc1ccc([C@@H]2CC(=O)NC(NC(=O)c3ccc(Oc4ccccc4)cc3)=N2)cc1. The minimum Gasteiger partial charge on any atom is -0.457 e. The molecule has 0 radical (unpaired) electrons. The quantitative estimate of drug-likeness (QED) is 0.651. The zero-order valence-electron chi connectivity index (χ0n) is 17.2. The lowest BCUT2D eigenvalue weighted by Gasteiger charge is -2.21. The van der Waals surface area contributed by atoms with Gasteiger partial charge in [0.1, 0.15) is 11.5 Å². The minimum atomic E-state index is -0.354. The molecule has 2 amide bonds. The molecule has 31 heavy (non-hydrogen) atoms. The van der Waals surface area contributed by atoms with Crippen LogP contribution >= 0.6 is 0 Å². The highest BCUT2D eigenvalue weighted by molar-refractivity contribution is 6.10. The molecule has 1 atom stereocenters. The first-order valence-electron chi connectivity index (χ1n) is 10.2. The summed E-state index contributed by atoms with van der Waals surface area (Å²) < 4.78 is 5.74. The van der Waals surface area contributed by atoms with Crippen molar-refractivity contribution in [2.75, 3.05) is 0 Å². The van der Waals surface area contributed by atoms with E-state index in [1.165, 1.54) is 5.56 Å². The molecule has 4 rings (SSSR count). The predicted octanol–water partition coefficient (Wildman–Crippen LogP) is 4.39. The highest BCUT2D eigenvalue weighted by Crippen LogP contribution is 2.24. The third-order valence-electron chi connectivity index (χ3n) is 5.02. The summed E-state index contributed by atoms with van der Waals surface area (Å²) in [5.41, 5.74) is 2.61. The van der Waals surface area contributed by atoms with Gasteiger partial charge in [0, 0.05) is 5.56 Å². The number of aliphatic imine (C=N–C) groups is 1. The number of rotatable bonds is 5. The third kappa shape index (κ3) is 5.17. The number of para-hydroxylation sites is 1. The third-order valence-corrected chi connectivity index (χ3v) is 5.02. The summed E-state index contributed by atoms with van der Waals surface area (Å²) in [6.07, 6.45) is 1.20. The van der Waals surface area contributed by atoms with Gasteiger partial charge in [0.25, 0.3) is 5.91 Å². The van der Waals surface area contributed by atoms with E-state index in [-0.39, 0.29) is 30.2 Å². The normalized spacial score (nSPS) is 15.6. The fourth-order valence-electron chi connectivity index (χ4n) is 3.30. The summed E-state index contributed by atoms with van der Waals surface area (Å²) in [5, 5.41) is 5.33. The summed E-state index contributed by atoms with van der Waals surface area (Å²) in [6.45, 7) is 2.09. The molecule has 156 valence electrons. The number of hydrogen-bond acceptors (Lipinski definition) is 4. The van der Waals surface area contributed by atoms with Gasteiger partial charge in [-0.25, -0.2) is 4.99 Å². The number of carbonyl (C=O) groups excluding carboxylic acids is 2. The molecule has 0 saturated carbocycles. The Labute approximate surface area is 181 Å². The van der Waals surface area contributed by atoms with Gasteiger partial charge in [0.15, 0.2) is 0 Å². The van der Waals surface area contributed by atoms with Gasteiger partial charge in [-0.1, -0.05) is 49.4 Å². The minimum absolute atomic E-state index is 0.162. The molecule has 0 aliphatic carbocycles. The lowest BCUT2D eigenvalue weighted by molar-refractivity contribution is -0.120. The summed E-state index contributed by atoms with van der Waals surface area (Å²) in [5.74, 6) is 0.975. The Morgan fingerprint density at radius 1 is 1.00 bits per heavy atom. The van der Waals surface area contributed by atoms with E-state index in [1.54, 1.807) is 24.3 Å². The van der Waals surface area contributed by atoms with E-state index >= 15 is 0 Å². The summed E-state index contributed by atoms with van der Waals surface area (Å²) >= 11 is 0. The maximum atomic E-state index is 12.6. The molecule has 2 N–H and O–H groups in total. The Kier molecular flexibility index (Phi) is 6.08. The second kappa shape index (κ2) is 9.26. The number of guanidine groups is 1. The van der Waals surface area contributed by atoms with E-state index in [9.17, 15) is 9.59 Å². The number of aryl methyl sites for hydroxylation is 1. The van der Waals surface area contributed by atoms with Crippen LogP contribution in [0.3, 0.4) is 0 Å². The van der Waals surface area contributed by atoms with Gasteiger partial charge in [0.2, 0.25) is 11.9 Å². The zero-order chi connectivity index (χ0) is 21.6. The Bertz CT molecular complexity index is 1090. The van der Waals surface area contributed by atoms with Crippen LogP contribution in [0.15, 0.2) is 83.9 Å². The predicted molar refractivity (Wildman–Crippen MR) is 119 cm³/mol. The number of benzene rings is 3. The molecule has 1 aliphatic heterocycles. The highest BCUT2D eigenvalue weighted by atomic mass is 16.5. The van der Waals surface area contributed by atoms with Crippen LogP contribution in [0.2, 0.25) is 0 Å². The van der Waals surface area contributed by atoms with Crippen molar-refractivity contribution in [3.63, 3.8) is 0 Å². The Balaban J connectivity index is 1.44. The van der Waals surface area contributed by atoms with Crippen LogP contribution < -0.4 is 15.4 Å². The fraction of sp³-hybridized carbons (Fsp3) is 0.160. The molecule has 0 saturated heterocycles. The van der Waals surface area contributed by atoms with E-state index in [0.717, 1.165) is 17.7 Å². The Morgan fingerprint density at radius 2 is 1.68 bits per heavy atom. The van der Waals surface area contributed by atoms with Gasteiger partial charge in [-0.3, -0.25) is 20.2 Å². The van der Waals surface area contributed by atoms with E-state index in [4.69, 9.17) is 4.74 Å². The molecule has 1 aliphatic rings. The lowest BCUT2D eigenvalue weighted by atomic mass is 10.0. The van der Waals surface area contributed by atoms with Crippen molar-refractivity contribution >= 4 is 17.8 Å². The van der Waals surface area contributed by atoms with Gasteiger partial charge < -0.3 is 4.74 Å². The van der Waals surface area contributed by atoms with Gasteiger partial charge >= 0.3 is 0 Å². The average molecular weight is 413 g/mol. The van der Waals surface area contributed by atoms with Gasteiger partial charge in [0.05, 0.1) is 12.5 Å². The van der Waals surface area contributed by atoms with Crippen molar-refractivity contribution in [1.29, 1.82) is 0 Å². The molecular weight excluding hydrogens is 390 g/mol. The van der Waals surface area contributed by atoms with Crippen LogP contribution in [-0.2, 0) is 11.2 Å². The lowest BCUT2D eigenvalue weighted by Crippen LogP contribution is -2.47. The standard InChI is InChI=1S/C25H23N3O3/c1-2-17-8-10-18(11-9-17)22-16-23(29)27-25(26-22)28-24(30)19-12-14-21(15-13-19)31-20-6-4-3-5-7-20/h3-15,22H,2,16H2,1H3,(H2,26,27,28,29,30)/t22-/m0/s1. The fourth-order valence-corrected chi connectivity index (χ4v) is 3.30. The molecule has 6 heteroatoms. The van der Waals surface area contributed by atoms with Gasteiger partial charge in [-0.05, 0) is 53.9 Å². The van der Waals surface area contributed by atoms with Crippen molar-refractivity contribution in [3.8, 4) is 11.5 Å². The molecule has 1 heterocycles. The van der Waals surface area contributed by atoms with Crippen molar-refractivity contribution < 1.29 is 14.3 Å². The number of hydrogen-bond donors (Lipinski definition) is 2. The van der Waals surface area contributed by atoms with Crippen LogP contribution in [0.4, 0.5) is 0 Å². The number of carbonyl (C=O) groups is 2. The van der Waals surface area contributed by atoms with Crippen LogP contribution in [-0.4, -0.2) is 17.8 Å². The number of nitrogens with one attached hydrogen (secondary N) is 2. The maximum absolute atomic E-state index is 12.6. The number of nitrogens with zero attached hydrogens (tertiary/aromatic N) is 1. The second-order valence-corrected chi connectivity index (χ2v) is 7.23.